The Hall–Kier alpha value is -3.09. The van der Waals surface area contributed by atoms with Gasteiger partial charge in [0.25, 0.3) is 11.5 Å². The monoisotopic (exact) mass is 315 g/mol. The van der Waals surface area contributed by atoms with Crippen LogP contribution in [0.2, 0.25) is 0 Å². The highest BCUT2D eigenvalue weighted by Gasteiger charge is 2.17. The number of hydrogen-bond donors (Lipinski definition) is 1. The summed E-state index contributed by atoms with van der Waals surface area (Å²) in [5.41, 5.74) is -0.699. The second-order valence-corrected chi connectivity index (χ2v) is 4.90. The summed E-state index contributed by atoms with van der Waals surface area (Å²) >= 11 is 0. The minimum Gasteiger partial charge on any atom is -0.318 e. The number of carbonyl (C=O) groups is 1. The van der Waals surface area contributed by atoms with Gasteiger partial charge in [-0.25, -0.2) is 13.5 Å². The standard InChI is InChI=1S/C16H11F2N3O2/c1-21-16(23)11-5-3-2-4-10(11)14(20-21)15(22)19-13-8-9(17)6-7-12(13)18/h2-8H,1H3,(H,19,22). The molecule has 0 bridgehead atoms. The summed E-state index contributed by atoms with van der Waals surface area (Å²) in [7, 11) is 1.41. The van der Waals surface area contributed by atoms with Crippen LogP contribution >= 0.6 is 0 Å². The van der Waals surface area contributed by atoms with Gasteiger partial charge in [-0.2, -0.15) is 5.10 Å². The molecule has 1 amide bonds. The lowest BCUT2D eigenvalue weighted by atomic mass is 10.1. The van der Waals surface area contributed by atoms with Gasteiger partial charge >= 0.3 is 0 Å². The molecule has 0 saturated carbocycles. The zero-order valence-electron chi connectivity index (χ0n) is 12.0. The lowest BCUT2D eigenvalue weighted by Gasteiger charge is -2.09. The summed E-state index contributed by atoms with van der Waals surface area (Å²) in [5, 5.41) is 6.85. The van der Waals surface area contributed by atoms with Crippen LogP contribution in [0.5, 0.6) is 0 Å². The van der Waals surface area contributed by atoms with Crippen LogP contribution in [0.1, 0.15) is 10.5 Å². The zero-order chi connectivity index (χ0) is 16.6. The number of carbonyl (C=O) groups excluding carboxylic acids is 1. The molecule has 0 spiro atoms. The van der Waals surface area contributed by atoms with Crippen molar-refractivity contribution in [2.24, 2.45) is 7.05 Å². The molecule has 1 N–H and O–H groups in total. The van der Waals surface area contributed by atoms with Crippen molar-refractivity contribution in [1.29, 1.82) is 0 Å². The normalized spacial score (nSPS) is 10.7. The molecule has 1 heterocycles. The summed E-state index contributed by atoms with van der Waals surface area (Å²) < 4.78 is 27.9. The molecule has 0 atom stereocenters. The minimum absolute atomic E-state index is 0.0497. The average molecular weight is 315 g/mol. The number of nitrogens with one attached hydrogen (secondary N) is 1. The van der Waals surface area contributed by atoms with Crippen molar-refractivity contribution in [3.63, 3.8) is 0 Å². The molecule has 0 aliphatic carbocycles. The summed E-state index contributed by atoms with van der Waals surface area (Å²) in [5.74, 6) is -2.19. The van der Waals surface area contributed by atoms with E-state index in [1.54, 1.807) is 24.3 Å². The predicted octanol–water partition coefficient (Wildman–Crippen LogP) is 2.46. The molecule has 116 valence electrons. The predicted molar refractivity (Wildman–Crippen MR) is 81.3 cm³/mol. The fourth-order valence-corrected chi connectivity index (χ4v) is 2.24. The molecule has 0 radical (unpaired) electrons. The van der Waals surface area contributed by atoms with Crippen LogP contribution in [0.4, 0.5) is 14.5 Å². The SMILES string of the molecule is Cn1nc(C(=O)Nc2cc(F)ccc2F)c2ccccc2c1=O. The Morgan fingerprint density at radius 3 is 2.57 bits per heavy atom. The number of fused-ring (bicyclic) bond motifs is 1. The maximum atomic E-state index is 13.6. The Balaban J connectivity index is 2.10. The van der Waals surface area contributed by atoms with E-state index in [0.29, 0.717) is 10.8 Å². The Labute approximate surface area is 129 Å². The van der Waals surface area contributed by atoms with Crippen LogP contribution in [-0.4, -0.2) is 15.7 Å². The van der Waals surface area contributed by atoms with Crippen molar-refractivity contribution >= 4 is 22.4 Å². The van der Waals surface area contributed by atoms with Gasteiger partial charge in [0.05, 0.1) is 11.1 Å². The van der Waals surface area contributed by atoms with E-state index in [1.165, 1.54) is 7.05 Å². The maximum Gasteiger partial charge on any atom is 0.276 e. The van der Waals surface area contributed by atoms with Gasteiger partial charge in [-0.3, -0.25) is 9.59 Å². The first-order valence-electron chi connectivity index (χ1n) is 6.70. The lowest BCUT2D eigenvalue weighted by Crippen LogP contribution is -2.25. The molecule has 0 fully saturated rings. The van der Waals surface area contributed by atoms with Crippen molar-refractivity contribution in [3.8, 4) is 0 Å². The Morgan fingerprint density at radius 1 is 1.13 bits per heavy atom. The lowest BCUT2D eigenvalue weighted by molar-refractivity contribution is 0.102. The molecule has 0 unspecified atom stereocenters. The number of rotatable bonds is 2. The highest BCUT2D eigenvalue weighted by Crippen LogP contribution is 2.18. The molecule has 23 heavy (non-hydrogen) atoms. The number of nitrogens with zero attached hydrogens (tertiary/aromatic N) is 2. The summed E-state index contributed by atoms with van der Waals surface area (Å²) in [4.78, 5) is 24.4. The van der Waals surface area contributed by atoms with Crippen LogP contribution in [0.3, 0.4) is 0 Å². The fraction of sp³-hybridized carbons (Fsp3) is 0.0625. The molecular formula is C16H11F2N3O2. The first-order chi connectivity index (χ1) is 11.0. The first-order valence-corrected chi connectivity index (χ1v) is 6.70. The third kappa shape index (κ3) is 2.68. The number of halogens is 2. The average Bonchev–Trinajstić information content (AvgIpc) is 2.54. The van der Waals surface area contributed by atoms with Gasteiger partial charge in [-0.1, -0.05) is 18.2 Å². The third-order valence-corrected chi connectivity index (χ3v) is 3.35. The third-order valence-electron chi connectivity index (χ3n) is 3.35. The second kappa shape index (κ2) is 5.60. The van der Waals surface area contributed by atoms with E-state index in [-0.39, 0.29) is 16.9 Å². The second-order valence-electron chi connectivity index (χ2n) is 4.90. The molecule has 0 aliphatic heterocycles. The largest absolute Gasteiger partial charge is 0.318 e. The van der Waals surface area contributed by atoms with Gasteiger partial charge in [0.1, 0.15) is 11.6 Å². The van der Waals surface area contributed by atoms with Crippen LogP contribution < -0.4 is 10.9 Å². The zero-order valence-corrected chi connectivity index (χ0v) is 12.0. The molecular weight excluding hydrogens is 304 g/mol. The number of hydrogen-bond acceptors (Lipinski definition) is 3. The number of amides is 1. The van der Waals surface area contributed by atoms with E-state index >= 15 is 0 Å². The minimum atomic E-state index is -0.770. The summed E-state index contributed by atoms with van der Waals surface area (Å²) in [6.07, 6.45) is 0. The Bertz CT molecular complexity index is 983. The van der Waals surface area contributed by atoms with Gasteiger partial charge in [0.2, 0.25) is 0 Å². The number of anilines is 1. The molecule has 5 nitrogen and oxygen atoms in total. The number of aryl methyl sites for hydroxylation is 1. The molecule has 3 aromatic rings. The summed E-state index contributed by atoms with van der Waals surface area (Å²) in [6, 6.07) is 9.19. The summed E-state index contributed by atoms with van der Waals surface area (Å²) in [6.45, 7) is 0. The molecule has 2 aromatic carbocycles. The number of aromatic nitrogens is 2. The highest BCUT2D eigenvalue weighted by atomic mass is 19.1. The van der Waals surface area contributed by atoms with Crippen molar-refractivity contribution in [1.82, 2.24) is 9.78 Å². The van der Waals surface area contributed by atoms with Gasteiger partial charge in [-0.05, 0) is 18.2 Å². The van der Waals surface area contributed by atoms with E-state index in [4.69, 9.17) is 0 Å². The number of benzene rings is 2. The van der Waals surface area contributed by atoms with Crippen LogP contribution in [0.15, 0.2) is 47.3 Å². The van der Waals surface area contributed by atoms with E-state index in [0.717, 1.165) is 22.9 Å². The molecule has 7 heteroatoms. The van der Waals surface area contributed by atoms with Crippen molar-refractivity contribution in [2.75, 3.05) is 5.32 Å². The van der Waals surface area contributed by atoms with E-state index in [9.17, 15) is 18.4 Å². The quantitative estimate of drug-likeness (QED) is 0.790. The first kappa shape index (κ1) is 14.8. The molecule has 1 aromatic heterocycles. The maximum absolute atomic E-state index is 13.6. The van der Waals surface area contributed by atoms with Gasteiger partial charge in [0, 0.05) is 18.5 Å². The van der Waals surface area contributed by atoms with Gasteiger partial charge in [0.15, 0.2) is 5.69 Å². The Kier molecular flexibility index (Phi) is 3.61. The highest BCUT2D eigenvalue weighted by molar-refractivity contribution is 6.11. The van der Waals surface area contributed by atoms with Gasteiger partial charge in [-0.15, -0.1) is 0 Å². The van der Waals surface area contributed by atoms with Crippen LogP contribution in [-0.2, 0) is 7.05 Å². The fourth-order valence-electron chi connectivity index (χ4n) is 2.24. The topological polar surface area (TPSA) is 64.0 Å². The Morgan fingerprint density at radius 2 is 1.83 bits per heavy atom. The van der Waals surface area contributed by atoms with E-state index < -0.39 is 17.5 Å². The molecule has 3 rings (SSSR count). The molecule has 0 aliphatic rings. The van der Waals surface area contributed by atoms with Crippen molar-refractivity contribution in [3.05, 3.63) is 70.1 Å². The van der Waals surface area contributed by atoms with E-state index in [1.807, 2.05) is 0 Å². The van der Waals surface area contributed by atoms with Crippen molar-refractivity contribution in [2.45, 2.75) is 0 Å². The van der Waals surface area contributed by atoms with Gasteiger partial charge < -0.3 is 5.32 Å². The van der Waals surface area contributed by atoms with Crippen molar-refractivity contribution < 1.29 is 13.6 Å². The smallest absolute Gasteiger partial charge is 0.276 e. The van der Waals surface area contributed by atoms with E-state index in [2.05, 4.69) is 10.4 Å². The van der Waals surface area contributed by atoms with Crippen LogP contribution in [0, 0.1) is 11.6 Å². The molecule has 0 saturated heterocycles. The van der Waals surface area contributed by atoms with Crippen LogP contribution in [0.25, 0.3) is 10.8 Å².